The Bertz CT molecular complexity index is 1280. The number of carbonyl (C=O) groups is 2. The van der Waals surface area contributed by atoms with E-state index in [1.807, 2.05) is 5.32 Å². The van der Waals surface area contributed by atoms with Gasteiger partial charge >= 0.3 is 12.3 Å². The number of H-pyrrole nitrogens is 1. The van der Waals surface area contributed by atoms with Gasteiger partial charge in [-0.25, -0.2) is 19.7 Å². The number of nitrogens with zero attached hydrogens (tertiary/aromatic N) is 5. The Balaban J connectivity index is 0.00000253. The zero-order chi connectivity index (χ0) is 26.0. The topological polar surface area (TPSA) is 116 Å². The van der Waals surface area contributed by atoms with Gasteiger partial charge in [0, 0.05) is 45.5 Å². The van der Waals surface area contributed by atoms with Crippen molar-refractivity contribution in [2.24, 2.45) is 0 Å². The summed E-state index contributed by atoms with van der Waals surface area (Å²) in [7, 11) is 0. The smallest absolute Gasteiger partial charge is 0.410 e. The molecule has 1 atom stereocenters. The van der Waals surface area contributed by atoms with Crippen LogP contribution < -0.4 is 10.2 Å². The Labute approximate surface area is 211 Å². The second-order valence-electron chi connectivity index (χ2n) is 8.41. The van der Waals surface area contributed by atoms with Gasteiger partial charge in [-0.1, -0.05) is 11.6 Å². The summed E-state index contributed by atoms with van der Waals surface area (Å²) in [6.07, 6.45) is -0.978. The normalized spacial score (nSPS) is 16.5. The number of halogens is 4. The minimum atomic E-state index is -4.59. The van der Waals surface area contributed by atoms with Crippen molar-refractivity contribution in [2.75, 3.05) is 31.1 Å². The van der Waals surface area contributed by atoms with E-state index in [4.69, 9.17) is 16.3 Å². The number of ether oxygens (including phenoxy) is 1. The SMILES string of the molecule is CC(C)OC(=O)N1CCN(c2ccnc(-c3c[nH]c4ncc(Cl)cc34)n2)[C@@H](C(=O)NCC(F)(F)F)C1.[HH].[HH]. The molecule has 14 heteroatoms. The Kier molecular flexibility index (Phi) is 7.20. The lowest BCUT2D eigenvalue weighted by atomic mass is 10.1. The number of aromatic amines is 1. The number of aromatic nitrogens is 4. The van der Waals surface area contributed by atoms with E-state index in [0.717, 1.165) is 0 Å². The van der Waals surface area contributed by atoms with Crippen molar-refractivity contribution in [1.82, 2.24) is 30.2 Å². The second-order valence-corrected chi connectivity index (χ2v) is 8.85. The quantitative estimate of drug-likeness (QED) is 0.515. The molecule has 1 aliphatic rings. The van der Waals surface area contributed by atoms with Crippen molar-refractivity contribution in [1.29, 1.82) is 0 Å². The third-order valence-electron chi connectivity index (χ3n) is 5.41. The fraction of sp³-hybridized carbons (Fsp3) is 0.409. The van der Waals surface area contributed by atoms with Crippen molar-refractivity contribution < 1.29 is 30.4 Å². The van der Waals surface area contributed by atoms with Crippen molar-refractivity contribution in [3.8, 4) is 11.4 Å². The van der Waals surface area contributed by atoms with Gasteiger partial charge in [0.05, 0.1) is 17.7 Å². The van der Waals surface area contributed by atoms with Crippen LogP contribution in [0.1, 0.15) is 16.7 Å². The van der Waals surface area contributed by atoms with E-state index >= 15 is 0 Å². The molecule has 0 bridgehead atoms. The first-order valence-corrected chi connectivity index (χ1v) is 11.4. The van der Waals surface area contributed by atoms with Crippen molar-refractivity contribution in [2.45, 2.75) is 32.2 Å². The van der Waals surface area contributed by atoms with Crippen LogP contribution in [0, 0.1) is 0 Å². The molecule has 10 nitrogen and oxygen atoms in total. The van der Waals surface area contributed by atoms with Gasteiger partial charge in [-0.05, 0) is 26.0 Å². The van der Waals surface area contributed by atoms with E-state index in [0.29, 0.717) is 33.3 Å². The van der Waals surface area contributed by atoms with Gasteiger partial charge in [0.2, 0.25) is 5.91 Å². The molecule has 0 radical (unpaired) electrons. The maximum atomic E-state index is 12.8. The number of nitrogens with one attached hydrogen (secondary N) is 2. The third-order valence-corrected chi connectivity index (χ3v) is 5.62. The zero-order valence-corrected chi connectivity index (χ0v) is 20.1. The molecule has 1 aliphatic heterocycles. The molecule has 3 aromatic rings. The number of alkyl halides is 3. The van der Waals surface area contributed by atoms with E-state index in [2.05, 4.69) is 19.9 Å². The van der Waals surface area contributed by atoms with Gasteiger partial charge < -0.3 is 24.8 Å². The summed E-state index contributed by atoms with van der Waals surface area (Å²) in [4.78, 5) is 44.2. The predicted molar refractivity (Wildman–Crippen MR) is 130 cm³/mol. The van der Waals surface area contributed by atoms with Crippen LogP contribution in [0.2, 0.25) is 5.02 Å². The molecule has 0 saturated carbocycles. The van der Waals surface area contributed by atoms with Gasteiger partial charge in [-0.15, -0.1) is 0 Å². The first-order chi connectivity index (χ1) is 17.0. The number of hydrogen-bond donors (Lipinski definition) is 2. The molecule has 0 spiro atoms. The summed E-state index contributed by atoms with van der Waals surface area (Å²) >= 11 is 6.08. The number of piperazine rings is 1. The van der Waals surface area contributed by atoms with Gasteiger partial charge in [-0.2, -0.15) is 13.2 Å². The molecule has 1 fully saturated rings. The van der Waals surface area contributed by atoms with E-state index < -0.39 is 36.9 Å². The molecule has 2 amide bonds. The van der Waals surface area contributed by atoms with Crippen LogP contribution in [0.3, 0.4) is 0 Å². The monoisotopic (exact) mass is 529 g/mol. The highest BCUT2D eigenvalue weighted by Gasteiger charge is 2.38. The van der Waals surface area contributed by atoms with E-state index in [9.17, 15) is 22.8 Å². The summed E-state index contributed by atoms with van der Waals surface area (Å²) in [5.74, 6) is -0.273. The lowest BCUT2D eigenvalue weighted by Crippen LogP contribution is -2.61. The molecule has 36 heavy (non-hydrogen) atoms. The molecular weight excluding hydrogens is 503 g/mol. The van der Waals surface area contributed by atoms with Gasteiger partial charge in [0.25, 0.3) is 0 Å². The first kappa shape index (κ1) is 25.5. The van der Waals surface area contributed by atoms with Crippen LogP contribution in [0.25, 0.3) is 22.4 Å². The number of fused-ring (bicyclic) bond motifs is 1. The number of rotatable bonds is 5. The van der Waals surface area contributed by atoms with Gasteiger partial charge in [-0.3, -0.25) is 4.79 Å². The summed E-state index contributed by atoms with van der Waals surface area (Å²) in [5, 5.41) is 3.01. The van der Waals surface area contributed by atoms with Crippen LogP contribution in [0.4, 0.5) is 23.8 Å². The van der Waals surface area contributed by atoms with E-state index in [-0.39, 0.29) is 22.5 Å². The summed E-state index contributed by atoms with van der Waals surface area (Å²) in [5.41, 5.74) is 1.18. The Morgan fingerprint density at radius 1 is 1.33 bits per heavy atom. The van der Waals surface area contributed by atoms with Crippen molar-refractivity contribution in [3.05, 3.63) is 35.7 Å². The molecule has 0 aromatic carbocycles. The van der Waals surface area contributed by atoms with Gasteiger partial charge in [0.15, 0.2) is 5.82 Å². The van der Waals surface area contributed by atoms with Crippen LogP contribution in [0.15, 0.2) is 30.7 Å². The average Bonchev–Trinajstić information content (AvgIpc) is 3.24. The standard InChI is InChI=1S/C22H23ClF3N7O3.2H2/c1-12(2)36-21(35)32-5-6-33(16(10-32)20(34)30-11-22(24,25)26)17-3-4-27-19(31-17)15-9-29-18-14(15)7-13(23)8-28-18;;/h3-4,7-9,12,16H,5-6,10-11H2,1-2H3,(H,28,29)(H,30,34);2*1H/t16-;;/m1../s1. The lowest BCUT2D eigenvalue weighted by Gasteiger charge is -2.40. The van der Waals surface area contributed by atoms with Crippen LogP contribution in [-0.4, -0.2) is 81.3 Å². The zero-order valence-electron chi connectivity index (χ0n) is 19.3. The highest BCUT2D eigenvalue weighted by atomic mass is 35.5. The molecule has 3 aromatic heterocycles. The fourth-order valence-electron chi connectivity index (χ4n) is 3.83. The molecule has 4 rings (SSSR count). The number of anilines is 1. The minimum absolute atomic E-state index is 0. The Morgan fingerprint density at radius 3 is 2.83 bits per heavy atom. The van der Waals surface area contributed by atoms with Gasteiger partial charge in [0.1, 0.15) is 24.1 Å². The van der Waals surface area contributed by atoms with Crippen molar-refractivity contribution >= 4 is 40.5 Å². The third kappa shape index (κ3) is 5.78. The molecule has 0 unspecified atom stereocenters. The van der Waals surface area contributed by atoms with E-state index in [1.165, 1.54) is 17.3 Å². The number of carbonyl (C=O) groups excluding carboxylic acids is 2. The molecule has 0 aliphatic carbocycles. The fourth-order valence-corrected chi connectivity index (χ4v) is 3.99. The highest BCUT2D eigenvalue weighted by molar-refractivity contribution is 6.31. The second kappa shape index (κ2) is 10.2. The van der Waals surface area contributed by atoms with E-state index in [1.54, 1.807) is 37.1 Å². The number of hydrogen-bond acceptors (Lipinski definition) is 7. The highest BCUT2D eigenvalue weighted by Crippen LogP contribution is 2.29. The molecule has 196 valence electrons. The molecule has 2 N–H and O–H groups in total. The first-order valence-electron chi connectivity index (χ1n) is 11.0. The molecule has 1 saturated heterocycles. The Morgan fingerprint density at radius 2 is 2.11 bits per heavy atom. The van der Waals surface area contributed by atoms with Crippen LogP contribution >= 0.6 is 11.6 Å². The maximum Gasteiger partial charge on any atom is 0.410 e. The lowest BCUT2D eigenvalue weighted by molar-refractivity contribution is -0.139. The number of pyridine rings is 1. The summed E-state index contributed by atoms with van der Waals surface area (Å²) in [6, 6.07) is 2.12. The Hall–Kier alpha value is -3.61. The maximum absolute atomic E-state index is 12.8. The van der Waals surface area contributed by atoms with Crippen molar-refractivity contribution in [3.63, 3.8) is 0 Å². The molecular formula is C22H27ClF3N7O3. The number of amides is 2. The largest absolute Gasteiger partial charge is 0.447 e. The average molecular weight is 530 g/mol. The summed E-state index contributed by atoms with van der Waals surface area (Å²) in [6.45, 7) is 2.00. The van der Waals surface area contributed by atoms with Crippen LogP contribution in [0.5, 0.6) is 0 Å². The summed E-state index contributed by atoms with van der Waals surface area (Å²) < 4.78 is 43.5. The minimum Gasteiger partial charge on any atom is -0.447 e. The molecule has 4 heterocycles. The predicted octanol–water partition coefficient (Wildman–Crippen LogP) is 3.88. The van der Waals surface area contributed by atoms with Crippen LogP contribution in [-0.2, 0) is 9.53 Å².